The molecule has 2 aromatic carbocycles. The van der Waals surface area contributed by atoms with Crippen LogP contribution in [-0.4, -0.2) is 13.7 Å². The Bertz CT molecular complexity index is 538. The van der Waals surface area contributed by atoms with Gasteiger partial charge in [-0.05, 0) is 29.8 Å². The molecule has 0 heterocycles. The van der Waals surface area contributed by atoms with Crippen LogP contribution in [0.3, 0.4) is 0 Å². The van der Waals surface area contributed by atoms with Crippen LogP contribution in [0.4, 0.5) is 0 Å². The molecule has 0 fully saturated rings. The maximum absolute atomic E-state index is 6.02. The van der Waals surface area contributed by atoms with Gasteiger partial charge in [0.25, 0.3) is 0 Å². The van der Waals surface area contributed by atoms with Crippen LogP contribution in [0.25, 0.3) is 0 Å². The molecule has 0 aliphatic carbocycles. The fraction of sp³-hybridized carbons (Fsp3) is 0.200. The van der Waals surface area contributed by atoms with Gasteiger partial charge in [-0.25, -0.2) is 0 Å². The van der Waals surface area contributed by atoms with Crippen molar-refractivity contribution in [1.29, 1.82) is 0 Å². The Labute approximate surface area is 122 Å². The van der Waals surface area contributed by atoms with Gasteiger partial charge in [-0.3, -0.25) is 0 Å². The third-order valence-electron chi connectivity index (χ3n) is 2.70. The summed E-state index contributed by atoms with van der Waals surface area (Å²) in [5.74, 6) is 1.46. The largest absolute Gasteiger partial charge is 0.497 e. The maximum atomic E-state index is 6.02. The van der Waals surface area contributed by atoms with E-state index in [1.165, 1.54) is 5.56 Å². The SMILES string of the molecule is COc1ccc(CCOc2cc(Cl)ccc2Cl)cc1. The van der Waals surface area contributed by atoms with Gasteiger partial charge in [0.2, 0.25) is 0 Å². The second-order valence-corrected chi connectivity index (χ2v) is 4.86. The lowest BCUT2D eigenvalue weighted by atomic mass is 10.1. The zero-order valence-corrected chi connectivity index (χ0v) is 12.0. The molecule has 2 rings (SSSR count). The number of benzene rings is 2. The molecule has 0 bridgehead atoms. The molecule has 0 unspecified atom stereocenters. The predicted molar refractivity (Wildman–Crippen MR) is 78.7 cm³/mol. The number of halogens is 2. The molecule has 2 aromatic rings. The molecule has 0 amide bonds. The minimum absolute atomic E-state index is 0.548. The van der Waals surface area contributed by atoms with Gasteiger partial charge in [-0.15, -0.1) is 0 Å². The summed E-state index contributed by atoms with van der Waals surface area (Å²) >= 11 is 11.9. The maximum Gasteiger partial charge on any atom is 0.139 e. The molecule has 0 aliphatic heterocycles. The summed E-state index contributed by atoms with van der Waals surface area (Å²) in [6, 6.07) is 13.1. The number of rotatable bonds is 5. The van der Waals surface area contributed by atoms with Crippen LogP contribution in [0.1, 0.15) is 5.56 Å². The molecule has 0 atom stereocenters. The first-order valence-corrected chi connectivity index (χ1v) is 6.65. The van der Waals surface area contributed by atoms with Gasteiger partial charge >= 0.3 is 0 Å². The highest BCUT2D eigenvalue weighted by Gasteiger charge is 2.02. The van der Waals surface area contributed by atoms with E-state index in [4.69, 9.17) is 32.7 Å². The number of methoxy groups -OCH3 is 1. The van der Waals surface area contributed by atoms with E-state index in [1.54, 1.807) is 25.3 Å². The monoisotopic (exact) mass is 296 g/mol. The molecule has 0 saturated heterocycles. The highest BCUT2D eigenvalue weighted by Crippen LogP contribution is 2.27. The van der Waals surface area contributed by atoms with E-state index in [1.807, 2.05) is 24.3 Å². The molecule has 4 heteroatoms. The van der Waals surface area contributed by atoms with Crippen molar-refractivity contribution in [1.82, 2.24) is 0 Å². The quantitative estimate of drug-likeness (QED) is 0.801. The van der Waals surface area contributed by atoms with Crippen molar-refractivity contribution >= 4 is 23.2 Å². The van der Waals surface area contributed by atoms with Crippen molar-refractivity contribution in [2.75, 3.05) is 13.7 Å². The number of hydrogen-bond donors (Lipinski definition) is 0. The van der Waals surface area contributed by atoms with E-state index in [-0.39, 0.29) is 0 Å². The minimum atomic E-state index is 0.548. The van der Waals surface area contributed by atoms with Crippen LogP contribution < -0.4 is 9.47 Å². The molecule has 0 radical (unpaired) electrons. The van der Waals surface area contributed by atoms with E-state index in [0.29, 0.717) is 22.4 Å². The Morgan fingerprint density at radius 2 is 1.74 bits per heavy atom. The lowest BCUT2D eigenvalue weighted by molar-refractivity contribution is 0.322. The summed E-state index contributed by atoms with van der Waals surface area (Å²) < 4.78 is 10.7. The van der Waals surface area contributed by atoms with Crippen molar-refractivity contribution in [2.24, 2.45) is 0 Å². The molecule has 0 aliphatic rings. The van der Waals surface area contributed by atoms with E-state index < -0.39 is 0 Å². The van der Waals surface area contributed by atoms with Gasteiger partial charge in [-0.1, -0.05) is 35.3 Å². The second-order valence-electron chi connectivity index (χ2n) is 4.02. The average molecular weight is 297 g/mol. The fourth-order valence-electron chi connectivity index (χ4n) is 1.66. The molecule has 2 nitrogen and oxygen atoms in total. The predicted octanol–water partition coefficient (Wildman–Crippen LogP) is 4.62. The van der Waals surface area contributed by atoms with Crippen LogP contribution in [-0.2, 0) is 6.42 Å². The zero-order valence-electron chi connectivity index (χ0n) is 10.5. The van der Waals surface area contributed by atoms with Crippen molar-refractivity contribution in [3.05, 3.63) is 58.1 Å². The van der Waals surface area contributed by atoms with E-state index >= 15 is 0 Å². The van der Waals surface area contributed by atoms with Crippen molar-refractivity contribution in [2.45, 2.75) is 6.42 Å². The highest BCUT2D eigenvalue weighted by molar-refractivity contribution is 6.34. The second kappa shape index (κ2) is 6.69. The van der Waals surface area contributed by atoms with E-state index in [2.05, 4.69) is 0 Å². The van der Waals surface area contributed by atoms with Crippen molar-refractivity contribution in [3.8, 4) is 11.5 Å². The Morgan fingerprint density at radius 3 is 2.42 bits per heavy atom. The standard InChI is InChI=1S/C15H14Cl2O2/c1-18-13-5-2-11(3-6-13)8-9-19-15-10-12(16)4-7-14(15)17/h2-7,10H,8-9H2,1H3. The van der Waals surface area contributed by atoms with E-state index in [0.717, 1.165) is 12.2 Å². The van der Waals surface area contributed by atoms with Gasteiger partial charge in [0.1, 0.15) is 11.5 Å². The van der Waals surface area contributed by atoms with Gasteiger partial charge in [-0.2, -0.15) is 0 Å². The molecule has 0 N–H and O–H groups in total. The zero-order chi connectivity index (χ0) is 13.7. The average Bonchev–Trinajstić information content (AvgIpc) is 2.43. The minimum Gasteiger partial charge on any atom is -0.497 e. The Morgan fingerprint density at radius 1 is 1.00 bits per heavy atom. The molecule has 0 saturated carbocycles. The van der Waals surface area contributed by atoms with Gasteiger partial charge < -0.3 is 9.47 Å². The van der Waals surface area contributed by atoms with Crippen LogP contribution in [0, 0.1) is 0 Å². The van der Waals surface area contributed by atoms with Crippen LogP contribution >= 0.6 is 23.2 Å². The summed E-state index contributed by atoms with van der Waals surface area (Å²) in [5.41, 5.74) is 1.18. The molecule has 0 spiro atoms. The first kappa shape index (κ1) is 14.0. The lowest BCUT2D eigenvalue weighted by Gasteiger charge is -2.08. The highest BCUT2D eigenvalue weighted by atomic mass is 35.5. The van der Waals surface area contributed by atoms with Crippen LogP contribution in [0.5, 0.6) is 11.5 Å². The third-order valence-corrected chi connectivity index (χ3v) is 3.25. The summed E-state index contributed by atoms with van der Waals surface area (Å²) in [4.78, 5) is 0. The molecule has 19 heavy (non-hydrogen) atoms. The molecule has 100 valence electrons. The fourth-order valence-corrected chi connectivity index (χ4v) is 1.99. The van der Waals surface area contributed by atoms with Crippen LogP contribution in [0.15, 0.2) is 42.5 Å². The first-order chi connectivity index (χ1) is 9.19. The lowest BCUT2D eigenvalue weighted by Crippen LogP contribution is -2.01. The molecular formula is C15H14Cl2O2. The van der Waals surface area contributed by atoms with Crippen LogP contribution in [0.2, 0.25) is 10.0 Å². The number of ether oxygens (including phenoxy) is 2. The summed E-state index contributed by atoms with van der Waals surface area (Å²) in [6.07, 6.45) is 0.798. The topological polar surface area (TPSA) is 18.5 Å². The summed E-state index contributed by atoms with van der Waals surface area (Å²) in [5, 5.41) is 1.18. The van der Waals surface area contributed by atoms with E-state index in [9.17, 15) is 0 Å². The molecular weight excluding hydrogens is 283 g/mol. The first-order valence-electron chi connectivity index (χ1n) is 5.90. The van der Waals surface area contributed by atoms with Gasteiger partial charge in [0, 0.05) is 17.5 Å². The smallest absolute Gasteiger partial charge is 0.139 e. The molecule has 0 aromatic heterocycles. The van der Waals surface area contributed by atoms with Gasteiger partial charge in [0.15, 0.2) is 0 Å². The Kier molecular flexibility index (Phi) is 4.94. The third kappa shape index (κ3) is 4.05. The summed E-state index contributed by atoms with van der Waals surface area (Å²) in [7, 11) is 1.65. The Balaban J connectivity index is 1.90. The van der Waals surface area contributed by atoms with Crippen molar-refractivity contribution in [3.63, 3.8) is 0 Å². The summed E-state index contributed by atoms with van der Waals surface area (Å²) in [6.45, 7) is 0.548. The number of hydrogen-bond acceptors (Lipinski definition) is 2. The van der Waals surface area contributed by atoms with Gasteiger partial charge in [0.05, 0.1) is 18.7 Å². The normalized spacial score (nSPS) is 10.3. The Hall–Kier alpha value is -1.38. The van der Waals surface area contributed by atoms with Crippen molar-refractivity contribution < 1.29 is 9.47 Å².